The van der Waals surface area contributed by atoms with Gasteiger partial charge in [0.2, 0.25) is 0 Å². The molecular weight excluding hydrogens is 188 g/mol. The van der Waals surface area contributed by atoms with E-state index in [1.54, 1.807) is 10.8 Å². The third kappa shape index (κ3) is 3.35. The second-order valence-electron chi connectivity index (χ2n) is 3.56. The number of nitrogens with zero attached hydrogens (tertiary/aromatic N) is 2. The van der Waals surface area contributed by atoms with Crippen molar-refractivity contribution in [1.82, 2.24) is 9.78 Å². The summed E-state index contributed by atoms with van der Waals surface area (Å²) in [6.45, 7) is 4.08. The van der Waals surface area contributed by atoms with Crippen LogP contribution in [0.3, 0.4) is 0 Å². The average molecular weight is 206 g/mol. The lowest BCUT2D eigenvalue weighted by atomic mass is 10.2. The number of aromatic nitrogens is 2. The van der Waals surface area contributed by atoms with Gasteiger partial charge in [-0.15, -0.1) is 0 Å². The molecule has 1 aromatic rings. The van der Waals surface area contributed by atoms with E-state index < -0.39 is 0 Å². The van der Waals surface area contributed by atoms with E-state index in [0.717, 1.165) is 24.2 Å². The molecule has 0 aliphatic heterocycles. The maximum Gasteiger partial charge on any atom is 0.161 e. The number of hydrogen-bond acceptors (Lipinski definition) is 2. The molecule has 82 valence electrons. The van der Waals surface area contributed by atoms with Gasteiger partial charge in [0.05, 0.1) is 12.1 Å². The first-order valence-electron chi connectivity index (χ1n) is 5.38. The lowest BCUT2D eigenvalue weighted by Gasteiger charge is -1.97. The van der Waals surface area contributed by atoms with Crippen molar-refractivity contribution in [3.8, 4) is 0 Å². The molecule has 0 spiro atoms. The van der Waals surface area contributed by atoms with E-state index in [0.29, 0.717) is 6.42 Å². The van der Waals surface area contributed by atoms with Gasteiger partial charge in [0.25, 0.3) is 0 Å². The number of allylic oxidation sites excluding steroid dienone is 2. The summed E-state index contributed by atoms with van der Waals surface area (Å²) in [4.78, 5) is 11.5. The van der Waals surface area contributed by atoms with Gasteiger partial charge in [-0.05, 0) is 25.0 Å². The third-order valence-corrected chi connectivity index (χ3v) is 2.28. The molecular formula is C12H18N2O. The van der Waals surface area contributed by atoms with Crippen molar-refractivity contribution in [3.05, 3.63) is 29.6 Å². The summed E-state index contributed by atoms with van der Waals surface area (Å²) >= 11 is 0. The van der Waals surface area contributed by atoms with Crippen LogP contribution < -0.4 is 0 Å². The molecule has 1 rings (SSSR count). The molecule has 1 aromatic heterocycles. The molecule has 0 unspecified atom stereocenters. The Kier molecular flexibility index (Phi) is 4.28. The van der Waals surface area contributed by atoms with Crippen molar-refractivity contribution in [2.24, 2.45) is 7.05 Å². The molecule has 15 heavy (non-hydrogen) atoms. The van der Waals surface area contributed by atoms with Gasteiger partial charge in [-0.25, -0.2) is 0 Å². The highest BCUT2D eigenvalue weighted by molar-refractivity contribution is 5.91. The fraction of sp³-hybridized carbons (Fsp3) is 0.500. The van der Waals surface area contributed by atoms with Crippen molar-refractivity contribution in [2.45, 2.75) is 33.1 Å². The van der Waals surface area contributed by atoms with E-state index in [1.165, 1.54) is 0 Å². The van der Waals surface area contributed by atoms with E-state index in [-0.39, 0.29) is 5.78 Å². The molecule has 0 radical (unpaired) electrons. The molecule has 0 bridgehead atoms. The summed E-state index contributed by atoms with van der Waals surface area (Å²) in [6, 6.07) is 2.00. The molecule has 3 heteroatoms. The van der Waals surface area contributed by atoms with Crippen LogP contribution in [0.5, 0.6) is 0 Å². The Labute approximate surface area is 90.8 Å². The lowest BCUT2D eigenvalue weighted by molar-refractivity contribution is -0.114. The van der Waals surface area contributed by atoms with Crippen molar-refractivity contribution in [1.29, 1.82) is 0 Å². The van der Waals surface area contributed by atoms with E-state index in [4.69, 9.17) is 0 Å². The smallest absolute Gasteiger partial charge is 0.161 e. The highest BCUT2D eigenvalue weighted by atomic mass is 16.1. The summed E-state index contributed by atoms with van der Waals surface area (Å²) in [7, 11) is 1.88. The van der Waals surface area contributed by atoms with E-state index in [2.05, 4.69) is 12.0 Å². The van der Waals surface area contributed by atoms with E-state index in [9.17, 15) is 4.79 Å². The van der Waals surface area contributed by atoms with Crippen LogP contribution in [-0.2, 0) is 24.7 Å². The molecule has 0 amide bonds. The fourth-order valence-corrected chi connectivity index (χ4v) is 1.40. The SMILES string of the molecule is CC/C=C/C(=O)Cc1cc(CC)nn1C. The maximum absolute atomic E-state index is 11.5. The monoisotopic (exact) mass is 206 g/mol. The van der Waals surface area contributed by atoms with Gasteiger partial charge >= 0.3 is 0 Å². The number of hydrogen-bond donors (Lipinski definition) is 0. The number of rotatable bonds is 5. The first kappa shape index (κ1) is 11.7. The van der Waals surface area contributed by atoms with Gasteiger partial charge < -0.3 is 0 Å². The summed E-state index contributed by atoms with van der Waals surface area (Å²) in [6.07, 6.45) is 5.79. The van der Waals surface area contributed by atoms with Crippen LogP contribution in [0.2, 0.25) is 0 Å². The predicted molar refractivity (Wildman–Crippen MR) is 60.7 cm³/mol. The Morgan fingerprint density at radius 1 is 1.53 bits per heavy atom. The lowest BCUT2D eigenvalue weighted by Crippen LogP contribution is -2.04. The summed E-state index contributed by atoms with van der Waals surface area (Å²) in [5.74, 6) is 0.141. The number of ketones is 1. The van der Waals surface area contributed by atoms with Crippen molar-refractivity contribution < 1.29 is 4.79 Å². The Bertz CT molecular complexity index is 364. The fourth-order valence-electron chi connectivity index (χ4n) is 1.40. The van der Waals surface area contributed by atoms with Crippen LogP contribution in [0.4, 0.5) is 0 Å². The molecule has 0 aromatic carbocycles. The zero-order chi connectivity index (χ0) is 11.3. The van der Waals surface area contributed by atoms with Crippen LogP contribution in [0, 0.1) is 0 Å². The predicted octanol–water partition coefficient (Wildman–Crippen LogP) is 2.06. The van der Waals surface area contributed by atoms with Crippen molar-refractivity contribution in [2.75, 3.05) is 0 Å². The van der Waals surface area contributed by atoms with E-state index >= 15 is 0 Å². The zero-order valence-corrected chi connectivity index (χ0v) is 9.66. The minimum atomic E-state index is 0.141. The molecule has 1 heterocycles. The quantitative estimate of drug-likeness (QED) is 0.691. The van der Waals surface area contributed by atoms with Crippen LogP contribution in [0.1, 0.15) is 31.7 Å². The molecule has 3 nitrogen and oxygen atoms in total. The molecule has 0 fully saturated rings. The van der Waals surface area contributed by atoms with Gasteiger partial charge in [0.15, 0.2) is 5.78 Å². The minimum absolute atomic E-state index is 0.141. The topological polar surface area (TPSA) is 34.9 Å². The normalized spacial score (nSPS) is 11.1. The molecule has 0 aliphatic rings. The Balaban J connectivity index is 2.67. The molecule has 0 saturated heterocycles. The van der Waals surface area contributed by atoms with Gasteiger partial charge in [-0.3, -0.25) is 9.48 Å². The summed E-state index contributed by atoms with van der Waals surface area (Å²) in [5, 5.41) is 4.30. The highest BCUT2D eigenvalue weighted by Gasteiger charge is 2.06. The zero-order valence-electron chi connectivity index (χ0n) is 9.66. The second-order valence-corrected chi connectivity index (χ2v) is 3.56. The molecule has 0 atom stereocenters. The minimum Gasteiger partial charge on any atom is -0.294 e. The first-order chi connectivity index (χ1) is 7.17. The summed E-state index contributed by atoms with van der Waals surface area (Å²) < 4.78 is 1.79. The first-order valence-corrected chi connectivity index (χ1v) is 5.38. The van der Waals surface area contributed by atoms with Gasteiger partial charge in [0, 0.05) is 12.7 Å². The molecule has 0 aliphatic carbocycles. The van der Waals surface area contributed by atoms with Gasteiger partial charge in [-0.1, -0.05) is 19.9 Å². The van der Waals surface area contributed by atoms with Crippen molar-refractivity contribution >= 4 is 5.78 Å². The second kappa shape index (κ2) is 5.49. The largest absolute Gasteiger partial charge is 0.294 e. The van der Waals surface area contributed by atoms with Crippen molar-refractivity contribution in [3.63, 3.8) is 0 Å². The van der Waals surface area contributed by atoms with Crippen LogP contribution in [-0.4, -0.2) is 15.6 Å². The number of carbonyl (C=O) groups excluding carboxylic acids is 1. The standard InChI is InChI=1S/C12H18N2O/c1-4-6-7-12(15)9-11-8-10(5-2)13-14(11)3/h6-8H,4-5,9H2,1-3H3/b7-6+. The highest BCUT2D eigenvalue weighted by Crippen LogP contribution is 2.05. The molecule has 0 saturated carbocycles. The summed E-state index contributed by atoms with van der Waals surface area (Å²) in [5.41, 5.74) is 2.03. The average Bonchev–Trinajstić information content (AvgIpc) is 2.57. The number of carbonyl (C=O) groups is 1. The Hall–Kier alpha value is -1.38. The van der Waals surface area contributed by atoms with Crippen LogP contribution in [0.15, 0.2) is 18.2 Å². The molecule has 0 N–H and O–H groups in total. The van der Waals surface area contributed by atoms with Gasteiger partial charge in [0.1, 0.15) is 0 Å². The maximum atomic E-state index is 11.5. The van der Waals surface area contributed by atoms with E-state index in [1.807, 2.05) is 26.1 Å². The Morgan fingerprint density at radius 2 is 2.27 bits per heavy atom. The van der Waals surface area contributed by atoms with Gasteiger partial charge in [-0.2, -0.15) is 5.10 Å². The number of aryl methyl sites for hydroxylation is 2. The third-order valence-electron chi connectivity index (χ3n) is 2.28. The van der Waals surface area contributed by atoms with Crippen LogP contribution >= 0.6 is 0 Å². The van der Waals surface area contributed by atoms with Crippen LogP contribution in [0.25, 0.3) is 0 Å². The Morgan fingerprint density at radius 3 is 2.80 bits per heavy atom.